The van der Waals surface area contributed by atoms with Crippen LogP contribution in [0.15, 0.2) is 54.6 Å². The predicted molar refractivity (Wildman–Crippen MR) is 104 cm³/mol. The Labute approximate surface area is 155 Å². The smallest absolute Gasteiger partial charge is 0.228 e. The number of carbonyl (C=O) groups is 1. The summed E-state index contributed by atoms with van der Waals surface area (Å²) in [5.41, 5.74) is 0.806. The van der Waals surface area contributed by atoms with Crippen molar-refractivity contribution in [2.24, 2.45) is 11.3 Å². The van der Waals surface area contributed by atoms with Crippen LogP contribution in [-0.4, -0.2) is 22.7 Å². The molecule has 2 aromatic rings. The Morgan fingerprint density at radius 2 is 1.58 bits per heavy atom. The fraction of sp³-hybridized carbons (Fsp3) is 0.409. The number of phenols is 1. The molecule has 0 heterocycles. The highest BCUT2D eigenvalue weighted by atomic mass is 16.3. The Balaban J connectivity index is 2.08. The molecule has 1 amide bonds. The lowest BCUT2D eigenvalue weighted by Crippen LogP contribution is -2.43. The summed E-state index contributed by atoms with van der Waals surface area (Å²) < 4.78 is 0. The number of amides is 1. The Morgan fingerprint density at radius 1 is 1.00 bits per heavy atom. The van der Waals surface area contributed by atoms with Gasteiger partial charge in [0.15, 0.2) is 0 Å². The van der Waals surface area contributed by atoms with Crippen molar-refractivity contribution >= 4 is 5.91 Å². The third kappa shape index (κ3) is 4.64. The molecule has 26 heavy (non-hydrogen) atoms. The van der Waals surface area contributed by atoms with Crippen LogP contribution in [0, 0.1) is 11.3 Å². The van der Waals surface area contributed by atoms with Gasteiger partial charge in [0, 0.05) is 12.5 Å². The number of hydrogen-bond donors (Lipinski definition) is 3. The van der Waals surface area contributed by atoms with Crippen LogP contribution >= 0.6 is 0 Å². The van der Waals surface area contributed by atoms with Gasteiger partial charge in [-0.3, -0.25) is 4.79 Å². The second-order valence-corrected chi connectivity index (χ2v) is 7.69. The van der Waals surface area contributed by atoms with Gasteiger partial charge >= 0.3 is 0 Å². The van der Waals surface area contributed by atoms with Crippen LogP contribution < -0.4 is 5.32 Å². The van der Waals surface area contributed by atoms with Crippen LogP contribution in [0.5, 0.6) is 5.75 Å². The summed E-state index contributed by atoms with van der Waals surface area (Å²) >= 11 is 0. The standard InChI is InChI=1S/C22H29NO3/c1-15(2)19(16-8-6-5-7-9-16)14-23-21(26)22(3,4)20(25)17-10-12-18(24)13-11-17/h5-13,15,19-20,24-25H,14H2,1-4H3,(H,23,26). The first kappa shape index (κ1) is 20.0. The van der Waals surface area contributed by atoms with Crippen molar-refractivity contribution < 1.29 is 15.0 Å². The second kappa shape index (κ2) is 8.37. The summed E-state index contributed by atoms with van der Waals surface area (Å²) in [7, 11) is 0. The lowest BCUT2D eigenvalue weighted by Gasteiger charge is -2.31. The Morgan fingerprint density at radius 3 is 2.12 bits per heavy atom. The zero-order valence-corrected chi connectivity index (χ0v) is 15.9. The summed E-state index contributed by atoms with van der Waals surface area (Å²) in [6.45, 7) is 8.26. The number of rotatable bonds is 7. The molecule has 2 unspecified atom stereocenters. The lowest BCUT2D eigenvalue weighted by molar-refractivity contribution is -0.135. The monoisotopic (exact) mass is 355 g/mol. The van der Waals surface area contributed by atoms with Gasteiger partial charge in [0.2, 0.25) is 5.91 Å². The molecule has 0 aliphatic rings. The average Bonchev–Trinajstić information content (AvgIpc) is 2.62. The van der Waals surface area contributed by atoms with E-state index < -0.39 is 11.5 Å². The molecule has 2 aromatic carbocycles. The SMILES string of the molecule is CC(C)C(CNC(=O)C(C)(C)C(O)c1ccc(O)cc1)c1ccccc1. The molecule has 0 aromatic heterocycles. The number of aliphatic hydroxyl groups is 1. The maximum atomic E-state index is 12.8. The van der Waals surface area contributed by atoms with Gasteiger partial charge in [0.1, 0.15) is 5.75 Å². The van der Waals surface area contributed by atoms with E-state index in [1.165, 1.54) is 17.7 Å². The summed E-state index contributed by atoms with van der Waals surface area (Å²) in [6, 6.07) is 16.4. The van der Waals surface area contributed by atoms with Crippen molar-refractivity contribution in [3.05, 3.63) is 65.7 Å². The van der Waals surface area contributed by atoms with Gasteiger partial charge in [-0.15, -0.1) is 0 Å². The third-order valence-corrected chi connectivity index (χ3v) is 4.99. The molecule has 2 atom stereocenters. The van der Waals surface area contributed by atoms with Gasteiger partial charge in [-0.25, -0.2) is 0 Å². The highest BCUT2D eigenvalue weighted by Crippen LogP contribution is 2.34. The molecule has 0 fully saturated rings. The van der Waals surface area contributed by atoms with E-state index in [1.54, 1.807) is 26.0 Å². The van der Waals surface area contributed by atoms with Crippen molar-refractivity contribution in [3.8, 4) is 5.75 Å². The topological polar surface area (TPSA) is 69.6 Å². The van der Waals surface area contributed by atoms with Gasteiger partial charge < -0.3 is 15.5 Å². The molecular formula is C22H29NO3. The number of nitrogens with one attached hydrogen (secondary N) is 1. The van der Waals surface area contributed by atoms with E-state index in [1.807, 2.05) is 18.2 Å². The molecule has 140 valence electrons. The van der Waals surface area contributed by atoms with E-state index >= 15 is 0 Å². The van der Waals surface area contributed by atoms with Crippen molar-refractivity contribution in [1.82, 2.24) is 5.32 Å². The molecule has 0 aliphatic heterocycles. The summed E-state index contributed by atoms with van der Waals surface area (Å²) in [5, 5.41) is 23.1. The van der Waals surface area contributed by atoms with E-state index in [-0.39, 0.29) is 17.6 Å². The number of hydrogen-bond acceptors (Lipinski definition) is 3. The maximum Gasteiger partial charge on any atom is 0.228 e. The third-order valence-electron chi connectivity index (χ3n) is 4.99. The van der Waals surface area contributed by atoms with Crippen molar-refractivity contribution in [2.75, 3.05) is 6.54 Å². The van der Waals surface area contributed by atoms with Crippen LogP contribution in [0.4, 0.5) is 0 Å². The fourth-order valence-corrected chi connectivity index (χ4v) is 3.07. The van der Waals surface area contributed by atoms with E-state index in [2.05, 4.69) is 31.3 Å². The average molecular weight is 355 g/mol. The maximum absolute atomic E-state index is 12.8. The van der Waals surface area contributed by atoms with Gasteiger partial charge in [-0.2, -0.15) is 0 Å². The molecule has 0 saturated heterocycles. The molecule has 0 bridgehead atoms. The van der Waals surface area contributed by atoms with Crippen molar-refractivity contribution in [3.63, 3.8) is 0 Å². The first-order chi connectivity index (χ1) is 12.2. The molecule has 4 heteroatoms. The van der Waals surface area contributed by atoms with Crippen LogP contribution in [0.2, 0.25) is 0 Å². The lowest BCUT2D eigenvalue weighted by atomic mass is 9.81. The first-order valence-corrected chi connectivity index (χ1v) is 9.03. The molecule has 3 N–H and O–H groups in total. The minimum atomic E-state index is -0.991. The van der Waals surface area contributed by atoms with Gasteiger partial charge in [0.05, 0.1) is 11.5 Å². The molecule has 4 nitrogen and oxygen atoms in total. The normalized spacial score (nSPS) is 14.1. The molecule has 0 aliphatic carbocycles. The quantitative estimate of drug-likeness (QED) is 0.703. The number of carbonyl (C=O) groups excluding carboxylic acids is 1. The van der Waals surface area contributed by atoms with Gasteiger partial charge in [-0.1, -0.05) is 56.3 Å². The van der Waals surface area contributed by atoms with Crippen LogP contribution in [0.25, 0.3) is 0 Å². The summed E-state index contributed by atoms with van der Waals surface area (Å²) in [5.74, 6) is 0.523. The Kier molecular flexibility index (Phi) is 6.43. The summed E-state index contributed by atoms with van der Waals surface area (Å²) in [4.78, 5) is 12.8. The van der Waals surface area contributed by atoms with E-state index in [0.29, 0.717) is 18.0 Å². The molecular weight excluding hydrogens is 326 g/mol. The van der Waals surface area contributed by atoms with E-state index in [0.717, 1.165) is 0 Å². The van der Waals surface area contributed by atoms with Crippen LogP contribution in [-0.2, 0) is 4.79 Å². The van der Waals surface area contributed by atoms with E-state index in [4.69, 9.17) is 0 Å². The highest BCUT2D eigenvalue weighted by Gasteiger charge is 2.37. The van der Waals surface area contributed by atoms with Crippen molar-refractivity contribution in [1.29, 1.82) is 0 Å². The molecule has 2 rings (SSSR count). The number of aromatic hydroxyl groups is 1. The molecule has 0 spiro atoms. The predicted octanol–water partition coefficient (Wildman–Crippen LogP) is 4.01. The number of aliphatic hydroxyl groups excluding tert-OH is 1. The van der Waals surface area contributed by atoms with Crippen LogP contribution in [0.1, 0.15) is 50.8 Å². The zero-order chi connectivity index (χ0) is 19.3. The summed E-state index contributed by atoms with van der Waals surface area (Å²) in [6.07, 6.45) is -0.961. The van der Waals surface area contributed by atoms with Gasteiger partial charge in [0.25, 0.3) is 0 Å². The number of benzene rings is 2. The minimum absolute atomic E-state index is 0.130. The van der Waals surface area contributed by atoms with Gasteiger partial charge in [-0.05, 0) is 43.0 Å². The minimum Gasteiger partial charge on any atom is -0.508 e. The second-order valence-electron chi connectivity index (χ2n) is 7.69. The van der Waals surface area contributed by atoms with Crippen molar-refractivity contribution in [2.45, 2.75) is 39.7 Å². The Hall–Kier alpha value is -2.33. The highest BCUT2D eigenvalue weighted by molar-refractivity contribution is 5.82. The molecule has 0 radical (unpaired) electrons. The van der Waals surface area contributed by atoms with E-state index in [9.17, 15) is 15.0 Å². The Bertz CT molecular complexity index is 708. The largest absolute Gasteiger partial charge is 0.508 e. The zero-order valence-electron chi connectivity index (χ0n) is 15.9. The van der Waals surface area contributed by atoms with Crippen LogP contribution in [0.3, 0.4) is 0 Å². The fourth-order valence-electron chi connectivity index (χ4n) is 3.07. The molecule has 0 saturated carbocycles. The first-order valence-electron chi connectivity index (χ1n) is 9.03. The number of phenolic OH excluding ortho intramolecular Hbond substituents is 1.